The lowest BCUT2D eigenvalue weighted by molar-refractivity contribution is -0.182. The van der Waals surface area contributed by atoms with E-state index in [1.807, 2.05) is 34.6 Å². The Balaban J connectivity index is 1.55. The van der Waals surface area contributed by atoms with Gasteiger partial charge in [0.25, 0.3) is 0 Å². The van der Waals surface area contributed by atoms with Crippen LogP contribution in [0.25, 0.3) is 0 Å². The largest absolute Gasteiger partial charge is 0.393 e. The Morgan fingerprint density at radius 3 is 1.83 bits per heavy atom. The fraction of sp³-hybridized carbons (Fsp3) is 0.836. The lowest BCUT2D eigenvalue weighted by atomic mass is 9.78. The van der Waals surface area contributed by atoms with Crippen molar-refractivity contribution in [3.63, 3.8) is 0 Å². The number of alkyl halides is 4. The highest BCUT2D eigenvalue weighted by atomic mass is 35.5. The quantitative estimate of drug-likeness (QED) is 0.159. The first-order valence-corrected chi connectivity index (χ1v) is 34.7. The molecule has 0 aromatic heterocycles. The summed E-state index contributed by atoms with van der Waals surface area (Å²) in [5.41, 5.74) is -1.48. The molecule has 4 N–H and O–H groups in total. The molecular formula is C67H111ClF3N11O11. The molecule has 0 aromatic carbocycles. The maximum Gasteiger partial charge on any atom is 0.393 e. The van der Waals surface area contributed by atoms with Gasteiger partial charge < -0.3 is 55.6 Å². The number of hydrogen-bond donors (Lipinski definition) is 4. The maximum absolute atomic E-state index is 15.1. The van der Waals surface area contributed by atoms with Crippen LogP contribution in [0.1, 0.15) is 191 Å². The second kappa shape index (κ2) is 34.8. The van der Waals surface area contributed by atoms with Crippen LogP contribution in [0.4, 0.5) is 13.2 Å². The van der Waals surface area contributed by atoms with Crippen molar-refractivity contribution in [1.29, 1.82) is 0 Å². The minimum Gasteiger partial charge on any atom is -0.351 e. The zero-order chi connectivity index (χ0) is 69.6. The van der Waals surface area contributed by atoms with Gasteiger partial charge in [0.15, 0.2) is 0 Å². The minimum atomic E-state index is -4.49. The molecule has 5 rings (SSSR count). The predicted octanol–water partition coefficient (Wildman–Crippen LogP) is 6.25. The van der Waals surface area contributed by atoms with Crippen molar-refractivity contribution in [2.45, 2.75) is 250 Å². The number of fused-ring (bicyclic) bond motifs is 1. The summed E-state index contributed by atoms with van der Waals surface area (Å²) in [6.45, 7) is 15.1. The molecule has 3 saturated carbocycles. The van der Waals surface area contributed by atoms with E-state index in [1.54, 1.807) is 27.7 Å². The number of halogens is 4. The van der Waals surface area contributed by atoms with Crippen LogP contribution in [0.3, 0.4) is 0 Å². The lowest BCUT2D eigenvalue weighted by Gasteiger charge is -2.39. The highest BCUT2D eigenvalue weighted by Gasteiger charge is 2.51. The van der Waals surface area contributed by atoms with E-state index in [4.69, 9.17) is 11.6 Å². The number of hydrogen-bond acceptors (Lipinski definition) is 11. The van der Waals surface area contributed by atoms with E-state index in [2.05, 4.69) is 21.3 Å². The van der Waals surface area contributed by atoms with Crippen molar-refractivity contribution in [2.24, 2.45) is 41.4 Å². The van der Waals surface area contributed by atoms with Crippen LogP contribution < -0.4 is 21.3 Å². The standard InChI is InChI=1S/C67H111ClF3N11O11/c1-15-43(8)57-64(92)81(36-41(4)5)39-55(85)76(10)38-56(86)79(13)52(35-45-22-17-16-18-23-45)63(91)77(11)37-53(83)73-49(28-26-46-25-27-47(48(68)34-46)67(69,70)71)62(90)82-31-21-24-50(82)60(88)75-66(29-19-20-30-66)65(93)80(14)58(42(6)7)61(89)72-44(9)33-54(84)78(12)51(32-40(2)3)59(87)74-57/h40-52,57-58H,15-39H2,1-14H3,(H,72,89)(H,73,83)(H,74,87)(H,75,88)/t43-,44+,46?,47?,48?,49-,50-,51-,52-,57-,58-/m0/s1. The number of carbonyl (C=O) groups is 11. The highest BCUT2D eigenvalue weighted by Crippen LogP contribution is 2.44. The predicted molar refractivity (Wildman–Crippen MR) is 347 cm³/mol. The lowest BCUT2D eigenvalue weighted by Crippen LogP contribution is -2.64. The van der Waals surface area contributed by atoms with E-state index in [0.29, 0.717) is 25.7 Å². The molecule has 22 nitrogen and oxygen atoms in total. The molecular weight excluding hydrogens is 1230 g/mol. The summed E-state index contributed by atoms with van der Waals surface area (Å²) in [4.78, 5) is 170. The fourth-order valence-corrected chi connectivity index (χ4v) is 15.1. The maximum atomic E-state index is 15.1. The molecule has 0 bridgehead atoms. The number of nitrogens with zero attached hydrogens (tertiary/aromatic N) is 7. The van der Waals surface area contributed by atoms with E-state index >= 15 is 9.59 Å². The molecule has 5 aliphatic rings. The molecule has 528 valence electrons. The van der Waals surface area contributed by atoms with Crippen LogP contribution in [0.5, 0.6) is 0 Å². The van der Waals surface area contributed by atoms with Crippen LogP contribution in [-0.4, -0.2) is 227 Å². The summed E-state index contributed by atoms with van der Waals surface area (Å²) < 4.78 is 41.8. The van der Waals surface area contributed by atoms with Gasteiger partial charge in [-0.2, -0.15) is 13.2 Å². The van der Waals surface area contributed by atoms with Crippen LogP contribution >= 0.6 is 11.6 Å². The van der Waals surface area contributed by atoms with Crippen LogP contribution in [0.15, 0.2) is 0 Å². The average molecular weight is 1340 g/mol. The molecule has 3 aliphatic carbocycles. The summed E-state index contributed by atoms with van der Waals surface area (Å²) >= 11 is 6.37. The Morgan fingerprint density at radius 2 is 1.25 bits per heavy atom. The summed E-state index contributed by atoms with van der Waals surface area (Å²) in [5.74, 6) is -9.64. The van der Waals surface area contributed by atoms with Crippen LogP contribution in [0, 0.1) is 41.4 Å². The van der Waals surface area contributed by atoms with Gasteiger partial charge in [-0.3, -0.25) is 52.7 Å². The van der Waals surface area contributed by atoms with Gasteiger partial charge in [-0.15, -0.1) is 11.6 Å². The Hall–Kier alpha value is -5.75. The Kier molecular flexibility index (Phi) is 29.2. The molecule has 2 saturated heterocycles. The third kappa shape index (κ3) is 21.1. The van der Waals surface area contributed by atoms with Gasteiger partial charge in [0.1, 0.15) is 41.8 Å². The van der Waals surface area contributed by atoms with E-state index in [9.17, 15) is 56.3 Å². The molecule has 3 unspecified atom stereocenters. The number of rotatable bonds is 12. The summed E-state index contributed by atoms with van der Waals surface area (Å²) in [7, 11) is 7.27. The van der Waals surface area contributed by atoms with Crippen molar-refractivity contribution >= 4 is 76.6 Å². The van der Waals surface area contributed by atoms with Gasteiger partial charge in [0, 0.05) is 66.2 Å². The molecule has 0 radical (unpaired) electrons. The third-order valence-corrected chi connectivity index (χ3v) is 20.7. The molecule has 11 atom stereocenters. The number of carbonyl (C=O) groups excluding carboxylic acids is 11. The topological polar surface area (TPSA) is 259 Å². The van der Waals surface area contributed by atoms with Crippen LogP contribution in [-0.2, 0) is 52.7 Å². The summed E-state index contributed by atoms with van der Waals surface area (Å²) in [6.07, 6.45) is 2.88. The van der Waals surface area contributed by atoms with Crippen molar-refractivity contribution in [3.8, 4) is 0 Å². The molecule has 11 amide bonds. The number of nitrogens with one attached hydrogen (secondary N) is 4. The SMILES string of the molecule is CC[C@H](C)[C@@H]1NC(=O)[C@H](CC(C)C)N(C)C(=O)C[C@@H](C)NC(=O)[C@H](C(C)C)N(C)C(=O)C2(CCCC2)NC(=O)[C@@H]2CCCN2C(=O)[C@H](CCC2CCC(C(F)(F)F)C(Cl)C2)NC(=O)CN(C)C(=O)[C@H](CC2CCCCC2)N(C)C(=O)CN(C)C(=O)CN(CC(C)C)C1=O. The van der Waals surface area contributed by atoms with Gasteiger partial charge in [0.05, 0.1) is 25.6 Å². The molecule has 5 fully saturated rings. The Bertz CT molecular complexity index is 2620. The second-order valence-electron chi connectivity index (χ2n) is 29.1. The third-order valence-electron chi connectivity index (χ3n) is 20.2. The van der Waals surface area contributed by atoms with Crippen molar-refractivity contribution in [3.05, 3.63) is 0 Å². The first kappa shape index (κ1) is 78.0. The summed E-state index contributed by atoms with van der Waals surface area (Å²) in [6, 6.07) is -7.60. The molecule has 0 aromatic rings. The smallest absolute Gasteiger partial charge is 0.351 e. The van der Waals surface area contributed by atoms with Gasteiger partial charge >= 0.3 is 6.18 Å². The number of likely N-dealkylation sites (N-methyl/N-ethyl adjacent to an activating group) is 5. The van der Waals surface area contributed by atoms with E-state index < -0.39 is 162 Å². The van der Waals surface area contributed by atoms with Crippen LogP contribution in [0.2, 0.25) is 0 Å². The minimum absolute atomic E-state index is 0.0141. The summed E-state index contributed by atoms with van der Waals surface area (Å²) in [5, 5.41) is 10.5. The van der Waals surface area contributed by atoms with Crippen molar-refractivity contribution < 1.29 is 65.9 Å². The molecule has 93 heavy (non-hydrogen) atoms. The zero-order valence-electron chi connectivity index (χ0n) is 58.0. The van der Waals surface area contributed by atoms with E-state index in [0.717, 1.165) is 32.1 Å². The number of amides is 11. The van der Waals surface area contributed by atoms with Gasteiger partial charge in [-0.1, -0.05) is 107 Å². The molecule has 2 aliphatic heterocycles. The van der Waals surface area contributed by atoms with Gasteiger partial charge in [0.2, 0.25) is 65.0 Å². The monoisotopic (exact) mass is 1340 g/mol. The average Bonchev–Trinajstić information content (AvgIpc) is 1.74. The first-order chi connectivity index (χ1) is 43.5. The van der Waals surface area contributed by atoms with E-state index in [1.165, 1.54) is 69.5 Å². The fourth-order valence-electron chi connectivity index (χ4n) is 14.5. The zero-order valence-corrected chi connectivity index (χ0v) is 58.7. The van der Waals surface area contributed by atoms with Gasteiger partial charge in [-0.05, 0) is 113 Å². The van der Waals surface area contributed by atoms with E-state index in [-0.39, 0.29) is 107 Å². The Labute approximate surface area is 555 Å². The van der Waals surface area contributed by atoms with Crippen molar-refractivity contribution in [2.75, 3.05) is 68.0 Å². The van der Waals surface area contributed by atoms with Crippen molar-refractivity contribution in [1.82, 2.24) is 55.6 Å². The van der Waals surface area contributed by atoms with Gasteiger partial charge in [-0.25, -0.2) is 0 Å². The Morgan fingerprint density at radius 1 is 0.613 bits per heavy atom. The second-order valence-corrected chi connectivity index (χ2v) is 29.6. The molecule has 2 heterocycles. The molecule has 26 heteroatoms. The normalized spacial score (nSPS) is 29.3. The molecule has 1 spiro atoms. The first-order valence-electron chi connectivity index (χ1n) is 34.3. The highest BCUT2D eigenvalue weighted by molar-refractivity contribution is 6.20.